The SMILES string of the molecule is CCOC(=O)N1CCN([N+]([O-])=NOC)CC1. The maximum atomic E-state index is 11.3. The predicted molar refractivity (Wildman–Crippen MR) is 53.2 cm³/mol. The molecule has 1 saturated heterocycles. The lowest BCUT2D eigenvalue weighted by Gasteiger charge is -2.30. The van der Waals surface area contributed by atoms with Crippen molar-refractivity contribution < 1.29 is 19.3 Å². The lowest BCUT2D eigenvalue weighted by atomic mass is 10.4. The number of nitrogens with zero attached hydrogens (tertiary/aromatic N) is 4. The first kappa shape index (κ1) is 12.3. The number of hydrogen-bond donors (Lipinski definition) is 0. The summed E-state index contributed by atoms with van der Waals surface area (Å²) in [6, 6.07) is 0. The summed E-state index contributed by atoms with van der Waals surface area (Å²) in [5.41, 5.74) is 0. The van der Waals surface area contributed by atoms with Crippen molar-refractivity contribution in [3.05, 3.63) is 5.21 Å². The number of hydrogen-bond acceptors (Lipinski definition) is 5. The Bertz CT molecular complexity index is 263. The highest BCUT2D eigenvalue weighted by Gasteiger charge is 2.25. The van der Waals surface area contributed by atoms with Crippen LogP contribution in [0.15, 0.2) is 5.28 Å². The van der Waals surface area contributed by atoms with Crippen molar-refractivity contribution in [3.63, 3.8) is 0 Å². The number of rotatable bonds is 3. The molecule has 0 spiro atoms. The van der Waals surface area contributed by atoms with Crippen LogP contribution in [0.1, 0.15) is 6.92 Å². The maximum absolute atomic E-state index is 11.3. The molecule has 0 bridgehead atoms. The van der Waals surface area contributed by atoms with E-state index in [4.69, 9.17) is 4.74 Å². The number of hydrazine groups is 1. The second-order valence-electron chi connectivity index (χ2n) is 3.16. The highest BCUT2D eigenvalue weighted by Crippen LogP contribution is 2.04. The van der Waals surface area contributed by atoms with E-state index in [1.165, 1.54) is 12.1 Å². The maximum Gasteiger partial charge on any atom is 0.409 e. The van der Waals surface area contributed by atoms with Crippen LogP contribution in [0.25, 0.3) is 0 Å². The molecule has 8 nitrogen and oxygen atoms in total. The molecule has 0 unspecified atom stereocenters. The first-order chi connectivity index (χ1) is 7.69. The van der Waals surface area contributed by atoms with Gasteiger partial charge < -0.3 is 19.7 Å². The molecule has 0 saturated carbocycles. The van der Waals surface area contributed by atoms with Crippen molar-refractivity contribution in [2.45, 2.75) is 6.92 Å². The van der Waals surface area contributed by atoms with Gasteiger partial charge in [0, 0.05) is 13.1 Å². The molecule has 1 aliphatic rings. The van der Waals surface area contributed by atoms with Crippen LogP contribution in [0.5, 0.6) is 0 Å². The predicted octanol–water partition coefficient (Wildman–Crippen LogP) is 0.199. The van der Waals surface area contributed by atoms with E-state index < -0.39 is 0 Å². The second-order valence-corrected chi connectivity index (χ2v) is 3.16. The Kier molecular flexibility index (Phi) is 4.62. The Balaban J connectivity index is 2.39. The van der Waals surface area contributed by atoms with Crippen molar-refractivity contribution in [1.29, 1.82) is 0 Å². The van der Waals surface area contributed by atoms with Gasteiger partial charge >= 0.3 is 6.09 Å². The van der Waals surface area contributed by atoms with Crippen LogP contribution in [0.3, 0.4) is 0 Å². The van der Waals surface area contributed by atoms with E-state index in [2.05, 4.69) is 10.1 Å². The monoisotopic (exact) mass is 232 g/mol. The summed E-state index contributed by atoms with van der Waals surface area (Å²) >= 11 is 0. The number of carbonyl (C=O) groups is 1. The number of carbonyl (C=O) groups excluding carboxylic acids is 1. The van der Waals surface area contributed by atoms with Crippen molar-refractivity contribution in [3.8, 4) is 0 Å². The third kappa shape index (κ3) is 3.14. The van der Waals surface area contributed by atoms with Gasteiger partial charge in [-0.05, 0) is 6.92 Å². The number of amides is 1. The average Bonchev–Trinajstić information content (AvgIpc) is 2.30. The largest absolute Gasteiger partial charge is 0.569 e. The summed E-state index contributed by atoms with van der Waals surface area (Å²) in [5.74, 6) is 0. The van der Waals surface area contributed by atoms with Crippen molar-refractivity contribution in [1.82, 2.24) is 9.91 Å². The molecule has 16 heavy (non-hydrogen) atoms. The summed E-state index contributed by atoms with van der Waals surface area (Å²) in [5, 5.41) is 15.9. The number of piperazine rings is 1. The molecule has 0 atom stereocenters. The zero-order valence-corrected chi connectivity index (χ0v) is 9.46. The molecule has 0 N–H and O–H groups in total. The Hall–Kier alpha value is -1.73. The van der Waals surface area contributed by atoms with Gasteiger partial charge in [0.25, 0.3) is 0 Å². The quantitative estimate of drug-likeness (QED) is 0.394. The fraction of sp³-hybridized carbons (Fsp3) is 0.875. The smallest absolute Gasteiger partial charge is 0.409 e. The first-order valence-electron chi connectivity index (χ1n) is 5.07. The molecule has 0 aromatic rings. The zero-order chi connectivity index (χ0) is 12.0. The molecule has 1 amide bonds. The van der Waals surface area contributed by atoms with Crippen molar-refractivity contribution in [2.75, 3.05) is 39.9 Å². The van der Waals surface area contributed by atoms with Crippen LogP contribution in [-0.4, -0.2) is 60.9 Å². The van der Waals surface area contributed by atoms with E-state index >= 15 is 0 Å². The van der Waals surface area contributed by atoms with E-state index in [0.29, 0.717) is 37.8 Å². The molecule has 1 heterocycles. The lowest BCUT2D eigenvalue weighted by molar-refractivity contribution is -0.711. The zero-order valence-electron chi connectivity index (χ0n) is 9.46. The first-order valence-corrected chi connectivity index (χ1v) is 5.07. The van der Waals surface area contributed by atoms with Gasteiger partial charge in [-0.2, -0.15) is 0 Å². The lowest BCUT2D eigenvalue weighted by Crippen LogP contribution is -2.50. The summed E-state index contributed by atoms with van der Waals surface area (Å²) in [7, 11) is 1.31. The fourth-order valence-corrected chi connectivity index (χ4v) is 1.39. The molecule has 0 aromatic carbocycles. The fourth-order valence-electron chi connectivity index (χ4n) is 1.39. The minimum atomic E-state index is -0.344. The van der Waals surface area contributed by atoms with Crippen molar-refractivity contribution in [2.24, 2.45) is 5.28 Å². The minimum absolute atomic E-state index is 0.344. The molecule has 0 radical (unpaired) electrons. The van der Waals surface area contributed by atoms with Gasteiger partial charge in [-0.25, -0.2) is 4.79 Å². The standard InChI is InChI=1S/C8H16N4O4/c1-3-16-8(13)10-4-6-11(7-5-10)12(14)9-15-2/h3-7H2,1-2H3. The molecule has 1 rings (SSSR count). The number of ether oxygens (including phenoxy) is 1. The Morgan fingerprint density at radius 3 is 2.56 bits per heavy atom. The van der Waals surface area contributed by atoms with Gasteiger partial charge in [-0.3, -0.25) is 0 Å². The van der Waals surface area contributed by atoms with E-state index in [1.54, 1.807) is 11.8 Å². The van der Waals surface area contributed by atoms with E-state index in [1.807, 2.05) is 0 Å². The summed E-state index contributed by atoms with van der Waals surface area (Å²) in [4.78, 5) is 17.7. The molecule has 92 valence electrons. The normalized spacial score (nSPS) is 17.2. The van der Waals surface area contributed by atoms with Gasteiger partial charge in [-0.15, -0.1) is 5.01 Å². The molecule has 0 aliphatic carbocycles. The van der Waals surface area contributed by atoms with Crippen LogP contribution in [0, 0.1) is 5.21 Å². The van der Waals surface area contributed by atoms with E-state index in [-0.39, 0.29) is 6.09 Å². The summed E-state index contributed by atoms with van der Waals surface area (Å²) in [6.07, 6.45) is -0.344. The Labute approximate surface area is 93.5 Å². The summed E-state index contributed by atoms with van der Waals surface area (Å²) < 4.78 is 4.85. The second kappa shape index (κ2) is 5.99. The molecule has 1 fully saturated rings. The molecular weight excluding hydrogens is 216 g/mol. The van der Waals surface area contributed by atoms with Gasteiger partial charge in [0.05, 0.1) is 24.7 Å². The minimum Gasteiger partial charge on any atom is -0.569 e. The van der Waals surface area contributed by atoms with Gasteiger partial charge in [-0.1, -0.05) is 0 Å². The van der Waals surface area contributed by atoms with Gasteiger partial charge in [0.1, 0.15) is 7.11 Å². The topological polar surface area (TPSA) is 80.4 Å². The van der Waals surface area contributed by atoms with E-state index in [0.717, 1.165) is 0 Å². The molecule has 0 aromatic heterocycles. The van der Waals surface area contributed by atoms with Crippen LogP contribution >= 0.6 is 0 Å². The van der Waals surface area contributed by atoms with Crippen LogP contribution in [0.4, 0.5) is 4.79 Å². The van der Waals surface area contributed by atoms with Gasteiger partial charge in [0.2, 0.25) is 5.28 Å². The van der Waals surface area contributed by atoms with Crippen LogP contribution in [0.2, 0.25) is 0 Å². The molecular formula is C8H16N4O4. The Morgan fingerprint density at radius 1 is 1.44 bits per heavy atom. The van der Waals surface area contributed by atoms with Crippen molar-refractivity contribution >= 4 is 6.09 Å². The highest BCUT2D eigenvalue weighted by molar-refractivity contribution is 5.67. The molecule has 1 aliphatic heterocycles. The highest BCUT2D eigenvalue weighted by atomic mass is 16.7. The Morgan fingerprint density at radius 2 is 2.06 bits per heavy atom. The van der Waals surface area contributed by atoms with Gasteiger partial charge in [0.15, 0.2) is 0 Å². The van der Waals surface area contributed by atoms with E-state index in [9.17, 15) is 10.0 Å². The molecule has 8 heteroatoms. The third-order valence-corrected chi connectivity index (χ3v) is 2.18. The third-order valence-electron chi connectivity index (χ3n) is 2.18. The van der Waals surface area contributed by atoms with Crippen LogP contribution < -0.4 is 0 Å². The van der Waals surface area contributed by atoms with Crippen LogP contribution in [-0.2, 0) is 9.57 Å². The average molecular weight is 232 g/mol. The summed E-state index contributed by atoms with van der Waals surface area (Å²) in [6.45, 7) is 3.81.